The van der Waals surface area contributed by atoms with Gasteiger partial charge in [0.25, 0.3) is 0 Å². The maximum atomic E-state index is 5.98. The number of aromatic nitrogens is 3. The van der Waals surface area contributed by atoms with E-state index >= 15 is 0 Å². The fourth-order valence-electron chi connectivity index (χ4n) is 2.07. The lowest BCUT2D eigenvalue weighted by atomic mass is 10.3. The number of hydrogen-bond acceptors (Lipinski definition) is 5. The van der Waals surface area contributed by atoms with Gasteiger partial charge in [0.05, 0.1) is 23.2 Å². The molecule has 2 N–H and O–H groups in total. The van der Waals surface area contributed by atoms with Crippen LogP contribution in [0.15, 0.2) is 29.8 Å². The summed E-state index contributed by atoms with van der Waals surface area (Å²) in [4.78, 5) is 8.64. The first-order valence-electron chi connectivity index (χ1n) is 5.96. The molecule has 3 rings (SSSR count). The highest BCUT2D eigenvalue weighted by molar-refractivity contribution is 7.09. The molecule has 0 aliphatic rings. The third-order valence-electron chi connectivity index (χ3n) is 3.02. The van der Waals surface area contributed by atoms with Crippen molar-refractivity contribution in [3.05, 3.63) is 34.8 Å². The Morgan fingerprint density at radius 3 is 3.05 bits per heavy atom. The summed E-state index contributed by atoms with van der Waals surface area (Å²) in [7, 11) is 1.64. The van der Waals surface area contributed by atoms with Gasteiger partial charge in [-0.1, -0.05) is 0 Å². The first kappa shape index (κ1) is 12.0. The van der Waals surface area contributed by atoms with Crippen molar-refractivity contribution >= 4 is 28.3 Å². The fourth-order valence-corrected chi connectivity index (χ4v) is 2.68. The predicted octanol–water partition coefficient (Wildman–Crippen LogP) is 2.33. The summed E-state index contributed by atoms with van der Waals surface area (Å²) in [5.41, 5.74) is 7.86. The number of benzene rings is 1. The van der Waals surface area contributed by atoms with Gasteiger partial charge in [-0.05, 0) is 12.1 Å². The quantitative estimate of drug-likeness (QED) is 0.793. The molecule has 0 saturated carbocycles. The summed E-state index contributed by atoms with van der Waals surface area (Å²) in [6, 6.07) is 5.80. The molecule has 2 aromatic heterocycles. The number of ether oxygens (including phenoxy) is 1. The minimum absolute atomic E-state index is 0.528. The SMILES string of the molecule is COc1ccc2c(c1)nc(N)n2CCc1nccs1. The van der Waals surface area contributed by atoms with E-state index in [-0.39, 0.29) is 0 Å². The first-order valence-corrected chi connectivity index (χ1v) is 6.84. The van der Waals surface area contributed by atoms with Gasteiger partial charge in [0.15, 0.2) is 0 Å². The van der Waals surface area contributed by atoms with Gasteiger partial charge in [-0.25, -0.2) is 9.97 Å². The maximum Gasteiger partial charge on any atom is 0.201 e. The molecule has 0 amide bonds. The topological polar surface area (TPSA) is 66.0 Å². The lowest BCUT2D eigenvalue weighted by Crippen LogP contribution is -2.05. The summed E-state index contributed by atoms with van der Waals surface area (Å²) < 4.78 is 7.20. The molecule has 0 fully saturated rings. The van der Waals surface area contributed by atoms with Crippen LogP contribution in [0, 0.1) is 0 Å². The van der Waals surface area contributed by atoms with Crippen LogP contribution in [0.5, 0.6) is 5.75 Å². The lowest BCUT2D eigenvalue weighted by molar-refractivity contribution is 0.415. The van der Waals surface area contributed by atoms with Crippen LogP contribution in [0.25, 0.3) is 11.0 Å². The van der Waals surface area contributed by atoms with Crippen LogP contribution in [0.1, 0.15) is 5.01 Å². The normalized spacial score (nSPS) is 11.0. The third-order valence-corrected chi connectivity index (χ3v) is 3.86. The number of imidazole rings is 1. The van der Waals surface area contributed by atoms with Crippen LogP contribution in [-0.4, -0.2) is 21.6 Å². The van der Waals surface area contributed by atoms with Gasteiger partial charge in [0.2, 0.25) is 5.95 Å². The number of hydrogen-bond donors (Lipinski definition) is 1. The Morgan fingerprint density at radius 2 is 2.32 bits per heavy atom. The zero-order valence-corrected chi connectivity index (χ0v) is 11.4. The molecule has 6 heteroatoms. The number of nitrogens with two attached hydrogens (primary N) is 1. The average molecular weight is 274 g/mol. The highest BCUT2D eigenvalue weighted by Crippen LogP contribution is 2.23. The second-order valence-corrected chi connectivity index (χ2v) is 5.13. The number of aryl methyl sites for hydroxylation is 2. The molecule has 1 aromatic carbocycles. The lowest BCUT2D eigenvalue weighted by Gasteiger charge is -2.05. The Bertz CT molecular complexity index is 690. The van der Waals surface area contributed by atoms with E-state index in [2.05, 4.69) is 9.97 Å². The van der Waals surface area contributed by atoms with Crippen molar-refractivity contribution in [1.29, 1.82) is 0 Å². The first-order chi connectivity index (χ1) is 9.28. The maximum absolute atomic E-state index is 5.98. The van der Waals surface area contributed by atoms with E-state index in [9.17, 15) is 0 Å². The van der Waals surface area contributed by atoms with Gasteiger partial charge in [0, 0.05) is 30.6 Å². The van der Waals surface area contributed by atoms with Crippen molar-refractivity contribution in [3.8, 4) is 5.75 Å². The molecular formula is C13H14N4OS. The molecule has 0 saturated heterocycles. The number of anilines is 1. The van der Waals surface area contributed by atoms with E-state index in [0.717, 1.165) is 34.8 Å². The van der Waals surface area contributed by atoms with E-state index in [0.29, 0.717) is 5.95 Å². The summed E-state index contributed by atoms with van der Waals surface area (Å²) in [6.07, 6.45) is 2.68. The van der Waals surface area contributed by atoms with Crippen LogP contribution >= 0.6 is 11.3 Å². The van der Waals surface area contributed by atoms with Crippen molar-refractivity contribution in [2.24, 2.45) is 0 Å². The van der Waals surface area contributed by atoms with Gasteiger partial charge >= 0.3 is 0 Å². The Morgan fingerprint density at radius 1 is 1.42 bits per heavy atom. The van der Waals surface area contributed by atoms with Gasteiger partial charge in [-0.3, -0.25) is 0 Å². The predicted molar refractivity (Wildman–Crippen MR) is 76.5 cm³/mol. The summed E-state index contributed by atoms with van der Waals surface area (Å²) in [6.45, 7) is 0.780. The summed E-state index contributed by atoms with van der Waals surface area (Å²) in [5, 5.41) is 3.09. The number of rotatable bonds is 4. The van der Waals surface area contributed by atoms with Crippen molar-refractivity contribution < 1.29 is 4.74 Å². The van der Waals surface area contributed by atoms with Crippen LogP contribution in [0.3, 0.4) is 0 Å². The van der Waals surface area contributed by atoms with Crippen molar-refractivity contribution in [2.75, 3.05) is 12.8 Å². The highest BCUT2D eigenvalue weighted by Gasteiger charge is 2.09. The van der Waals surface area contributed by atoms with Gasteiger partial charge < -0.3 is 15.0 Å². The highest BCUT2D eigenvalue weighted by atomic mass is 32.1. The molecule has 0 bridgehead atoms. The zero-order valence-electron chi connectivity index (χ0n) is 10.5. The fraction of sp³-hybridized carbons (Fsp3) is 0.231. The standard InChI is InChI=1S/C13H14N4OS/c1-18-9-2-3-11-10(8-9)16-13(14)17(11)6-4-12-15-5-7-19-12/h2-3,5,7-8H,4,6H2,1H3,(H2,14,16). The number of methoxy groups -OCH3 is 1. The van der Waals surface area contributed by atoms with E-state index in [1.165, 1.54) is 0 Å². The number of nitrogen functional groups attached to an aromatic ring is 1. The molecule has 98 valence electrons. The van der Waals surface area contributed by atoms with Gasteiger partial charge in [0.1, 0.15) is 5.75 Å². The molecule has 0 spiro atoms. The molecule has 3 aromatic rings. The zero-order chi connectivity index (χ0) is 13.2. The monoisotopic (exact) mass is 274 g/mol. The van der Waals surface area contributed by atoms with Crippen molar-refractivity contribution in [3.63, 3.8) is 0 Å². The summed E-state index contributed by atoms with van der Waals surface area (Å²) >= 11 is 1.66. The molecule has 5 nitrogen and oxygen atoms in total. The molecule has 2 heterocycles. The molecule has 19 heavy (non-hydrogen) atoms. The van der Waals surface area contributed by atoms with E-state index in [4.69, 9.17) is 10.5 Å². The average Bonchev–Trinajstić information content (AvgIpc) is 3.02. The molecular weight excluding hydrogens is 260 g/mol. The molecule has 0 aliphatic heterocycles. The second-order valence-electron chi connectivity index (χ2n) is 4.15. The minimum Gasteiger partial charge on any atom is -0.497 e. The number of nitrogens with zero attached hydrogens (tertiary/aromatic N) is 3. The third kappa shape index (κ3) is 2.26. The van der Waals surface area contributed by atoms with E-state index in [1.54, 1.807) is 18.4 Å². The van der Waals surface area contributed by atoms with Crippen molar-refractivity contribution in [2.45, 2.75) is 13.0 Å². The molecule has 0 atom stereocenters. The van der Waals surface area contributed by atoms with E-state index < -0.39 is 0 Å². The Hall–Kier alpha value is -2.08. The van der Waals surface area contributed by atoms with Gasteiger partial charge in [-0.2, -0.15) is 0 Å². The second kappa shape index (κ2) is 4.89. The number of thiazole rings is 1. The van der Waals surface area contributed by atoms with Crippen LogP contribution in [-0.2, 0) is 13.0 Å². The Balaban J connectivity index is 1.92. The number of fused-ring (bicyclic) bond motifs is 1. The molecule has 0 unspecified atom stereocenters. The largest absolute Gasteiger partial charge is 0.497 e. The Labute approximate surface area is 114 Å². The van der Waals surface area contributed by atoms with Gasteiger partial charge in [-0.15, -0.1) is 11.3 Å². The van der Waals surface area contributed by atoms with Crippen LogP contribution in [0.4, 0.5) is 5.95 Å². The summed E-state index contributed by atoms with van der Waals surface area (Å²) in [5.74, 6) is 1.32. The van der Waals surface area contributed by atoms with Crippen molar-refractivity contribution in [1.82, 2.24) is 14.5 Å². The molecule has 0 aliphatic carbocycles. The van der Waals surface area contributed by atoms with Crippen LogP contribution in [0.2, 0.25) is 0 Å². The Kier molecular flexibility index (Phi) is 3.08. The van der Waals surface area contributed by atoms with E-state index in [1.807, 2.05) is 34.3 Å². The molecule has 0 radical (unpaired) electrons. The minimum atomic E-state index is 0.528. The van der Waals surface area contributed by atoms with Crippen LogP contribution < -0.4 is 10.5 Å². The smallest absolute Gasteiger partial charge is 0.201 e.